The molecule has 146 valence electrons. The van der Waals surface area contributed by atoms with Gasteiger partial charge in [0.25, 0.3) is 5.91 Å². The number of hydrogen-bond donors (Lipinski definition) is 2. The lowest BCUT2D eigenvalue weighted by molar-refractivity contribution is -0.134. The molecule has 1 heterocycles. The van der Waals surface area contributed by atoms with Gasteiger partial charge in [-0.15, -0.1) is 0 Å². The molecule has 4 rings (SSSR count). The Labute approximate surface area is 175 Å². The highest BCUT2D eigenvalue weighted by Gasteiger charge is 2.38. The molecular formula is C22H17BrN2O4. The number of phenols is 1. The highest BCUT2D eigenvalue weighted by Crippen LogP contribution is 2.39. The molecule has 0 saturated carbocycles. The maximum atomic E-state index is 12.8. The van der Waals surface area contributed by atoms with Gasteiger partial charge >= 0.3 is 0 Å². The number of halogens is 1. The number of hydrogen-bond acceptors (Lipinski definition) is 5. The monoisotopic (exact) mass is 452 g/mol. The molecule has 2 N–H and O–H groups in total. The number of para-hydroxylation sites is 2. The van der Waals surface area contributed by atoms with Gasteiger partial charge in [-0.2, -0.15) is 5.10 Å². The fourth-order valence-electron chi connectivity index (χ4n) is 2.98. The summed E-state index contributed by atoms with van der Waals surface area (Å²) in [6, 6.07) is 21.6. The Morgan fingerprint density at radius 1 is 1.00 bits per heavy atom. The van der Waals surface area contributed by atoms with E-state index in [9.17, 15) is 9.90 Å². The zero-order valence-electron chi connectivity index (χ0n) is 15.2. The van der Waals surface area contributed by atoms with Gasteiger partial charge in [-0.1, -0.05) is 58.4 Å². The molecule has 3 aromatic rings. The summed E-state index contributed by atoms with van der Waals surface area (Å²) in [5.41, 5.74) is 3.76. The zero-order chi connectivity index (χ0) is 20.2. The Kier molecular flexibility index (Phi) is 5.48. The topological polar surface area (TPSA) is 80.2 Å². The number of nitrogens with one attached hydrogen (secondary N) is 1. The van der Waals surface area contributed by atoms with Crippen LogP contribution >= 0.6 is 15.9 Å². The van der Waals surface area contributed by atoms with E-state index in [1.165, 1.54) is 12.3 Å². The van der Waals surface area contributed by atoms with Crippen LogP contribution in [0.3, 0.4) is 0 Å². The number of ether oxygens (including phenoxy) is 2. The number of phenolic OH excluding ortho intramolecular Hbond substituents is 1. The summed E-state index contributed by atoms with van der Waals surface area (Å²) in [5.74, 6) is 0.667. The number of nitrogens with zero attached hydrogens (tertiary/aromatic N) is 1. The van der Waals surface area contributed by atoms with Crippen LogP contribution in [-0.2, 0) is 4.79 Å². The van der Waals surface area contributed by atoms with Crippen molar-refractivity contribution in [3.63, 3.8) is 0 Å². The van der Waals surface area contributed by atoms with Crippen molar-refractivity contribution in [2.75, 3.05) is 0 Å². The summed E-state index contributed by atoms with van der Waals surface area (Å²) in [7, 11) is 0. The fraction of sp³-hybridized carbons (Fsp3) is 0.0909. The van der Waals surface area contributed by atoms with Crippen molar-refractivity contribution in [3.8, 4) is 17.2 Å². The van der Waals surface area contributed by atoms with Crippen molar-refractivity contribution in [1.82, 2.24) is 5.43 Å². The van der Waals surface area contributed by atoms with E-state index in [1.807, 2.05) is 42.5 Å². The summed E-state index contributed by atoms with van der Waals surface area (Å²) >= 11 is 3.33. The number of fused-ring (bicyclic) bond motifs is 1. The van der Waals surface area contributed by atoms with E-state index >= 15 is 0 Å². The molecule has 0 unspecified atom stereocenters. The number of aromatic hydroxyl groups is 1. The summed E-state index contributed by atoms with van der Waals surface area (Å²) in [6.45, 7) is 0. The van der Waals surface area contributed by atoms with E-state index < -0.39 is 18.1 Å². The third-order valence-electron chi connectivity index (χ3n) is 4.39. The summed E-state index contributed by atoms with van der Waals surface area (Å²) < 4.78 is 12.8. The lowest BCUT2D eigenvalue weighted by Crippen LogP contribution is -2.44. The van der Waals surface area contributed by atoms with E-state index in [-0.39, 0.29) is 5.75 Å². The first-order valence-corrected chi connectivity index (χ1v) is 9.70. The second-order valence-corrected chi connectivity index (χ2v) is 7.29. The second-order valence-electron chi connectivity index (χ2n) is 6.37. The highest BCUT2D eigenvalue weighted by molar-refractivity contribution is 9.10. The lowest BCUT2D eigenvalue weighted by Gasteiger charge is -2.32. The van der Waals surface area contributed by atoms with Crippen LogP contribution in [0.4, 0.5) is 0 Å². The predicted octanol–water partition coefficient (Wildman–Crippen LogP) is 4.19. The van der Waals surface area contributed by atoms with Crippen molar-refractivity contribution >= 4 is 28.1 Å². The maximum Gasteiger partial charge on any atom is 0.285 e. The maximum absolute atomic E-state index is 12.8. The molecular weight excluding hydrogens is 436 g/mol. The fourth-order valence-corrected chi connectivity index (χ4v) is 3.36. The van der Waals surface area contributed by atoms with Crippen LogP contribution in [0.5, 0.6) is 17.2 Å². The minimum Gasteiger partial charge on any atom is -0.507 e. The van der Waals surface area contributed by atoms with Crippen LogP contribution in [0.1, 0.15) is 17.2 Å². The van der Waals surface area contributed by atoms with Gasteiger partial charge in [0.05, 0.1) is 6.21 Å². The molecule has 0 fully saturated rings. The minimum absolute atomic E-state index is 0.0551. The Morgan fingerprint density at radius 3 is 2.45 bits per heavy atom. The molecule has 0 aliphatic carbocycles. The van der Waals surface area contributed by atoms with Gasteiger partial charge in [0.1, 0.15) is 5.75 Å². The number of carbonyl (C=O) groups is 1. The molecule has 0 radical (unpaired) electrons. The summed E-state index contributed by atoms with van der Waals surface area (Å²) in [5, 5.41) is 13.8. The van der Waals surface area contributed by atoms with Crippen LogP contribution < -0.4 is 14.9 Å². The Balaban J connectivity index is 1.56. The number of rotatable bonds is 4. The van der Waals surface area contributed by atoms with Crippen LogP contribution in [0.25, 0.3) is 0 Å². The molecule has 29 heavy (non-hydrogen) atoms. The van der Waals surface area contributed by atoms with Gasteiger partial charge in [-0.05, 0) is 35.9 Å². The number of carbonyl (C=O) groups excluding carboxylic acids is 1. The minimum atomic E-state index is -0.930. The van der Waals surface area contributed by atoms with Crippen LogP contribution in [0.2, 0.25) is 0 Å². The van der Waals surface area contributed by atoms with E-state index in [1.54, 1.807) is 24.3 Å². The van der Waals surface area contributed by atoms with Crippen molar-refractivity contribution < 1.29 is 19.4 Å². The Hall–Kier alpha value is -3.32. The average molecular weight is 453 g/mol. The van der Waals surface area contributed by atoms with Gasteiger partial charge in [-0.25, -0.2) is 5.43 Å². The molecule has 3 aromatic carbocycles. The molecule has 1 aliphatic rings. The molecule has 0 spiro atoms. The number of benzene rings is 3. The standard InChI is InChI=1S/C22H17BrN2O4/c23-16-10-11-17(26)15(12-16)13-24-25-22(27)21-20(14-6-2-1-3-7-14)28-18-8-4-5-9-19(18)29-21/h1-13,20-21,26H,(H,25,27)/b24-13+/t20-,21+/m1/s1. The molecule has 1 aliphatic heterocycles. The van der Waals surface area contributed by atoms with E-state index in [2.05, 4.69) is 26.5 Å². The van der Waals surface area contributed by atoms with Crippen LogP contribution in [-0.4, -0.2) is 23.3 Å². The molecule has 0 bridgehead atoms. The van der Waals surface area contributed by atoms with Gasteiger partial charge in [0, 0.05) is 10.0 Å². The largest absolute Gasteiger partial charge is 0.507 e. The van der Waals surface area contributed by atoms with E-state index in [4.69, 9.17) is 9.47 Å². The number of amides is 1. The first kappa shape index (κ1) is 19.0. The summed E-state index contributed by atoms with van der Waals surface area (Å²) in [6.07, 6.45) is -0.186. The molecule has 7 heteroatoms. The second kappa shape index (κ2) is 8.36. The van der Waals surface area contributed by atoms with Gasteiger partial charge in [0.2, 0.25) is 6.10 Å². The van der Waals surface area contributed by atoms with Crippen molar-refractivity contribution in [2.24, 2.45) is 5.10 Å². The van der Waals surface area contributed by atoms with Crippen molar-refractivity contribution in [2.45, 2.75) is 12.2 Å². The molecule has 0 aromatic heterocycles. The Bertz CT molecular complexity index is 1060. The molecule has 2 atom stereocenters. The molecule has 6 nitrogen and oxygen atoms in total. The number of hydrazone groups is 1. The first-order chi connectivity index (χ1) is 14.1. The molecule has 0 saturated heterocycles. The first-order valence-electron chi connectivity index (χ1n) is 8.90. The van der Waals surface area contributed by atoms with E-state index in [0.29, 0.717) is 17.1 Å². The third kappa shape index (κ3) is 4.25. The van der Waals surface area contributed by atoms with Gasteiger partial charge in [0.15, 0.2) is 17.6 Å². The zero-order valence-corrected chi connectivity index (χ0v) is 16.7. The molecule has 1 amide bonds. The highest BCUT2D eigenvalue weighted by atomic mass is 79.9. The quantitative estimate of drug-likeness (QED) is 0.459. The smallest absolute Gasteiger partial charge is 0.285 e. The van der Waals surface area contributed by atoms with Crippen LogP contribution in [0.15, 0.2) is 82.4 Å². The SMILES string of the molecule is O=C(N/N=C/c1cc(Br)ccc1O)[C@H]1Oc2ccccc2O[C@@H]1c1ccccc1. The lowest BCUT2D eigenvalue weighted by atomic mass is 10.0. The van der Waals surface area contributed by atoms with Crippen molar-refractivity contribution in [3.05, 3.63) is 88.4 Å². The average Bonchev–Trinajstić information content (AvgIpc) is 2.75. The normalized spacial score (nSPS) is 17.8. The predicted molar refractivity (Wildman–Crippen MR) is 112 cm³/mol. The Morgan fingerprint density at radius 2 is 1.69 bits per heavy atom. The van der Waals surface area contributed by atoms with Gasteiger partial charge in [-0.3, -0.25) is 4.79 Å². The van der Waals surface area contributed by atoms with Gasteiger partial charge < -0.3 is 14.6 Å². The van der Waals surface area contributed by atoms with Crippen LogP contribution in [0, 0.1) is 0 Å². The van der Waals surface area contributed by atoms with Crippen molar-refractivity contribution in [1.29, 1.82) is 0 Å². The van der Waals surface area contributed by atoms with E-state index in [0.717, 1.165) is 10.0 Å². The third-order valence-corrected chi connectivity index (χ3v) is 4.88. The summed E-state index contributed by atoms with van der Waals surface area (Å²) in [4.78, 5) is 12.8.